The average Bonchev–Trinajstić information content (AvgIpc) is 3.17. The summed E-state index contributed by atoms with van der Waals surface area (Å²) in [4.78, 5) is 18.9. The molecule has 30 heavy (non-hydrogen) atoms. The van der Waals surface area contributed by atoms with Gasteiger partial charge in [-0.2, -0.15) is 4.98 Å². The van der Waals surface area contributed by atoms with Crippen LogP contribution in [0.5, 0.6) is 0 Å². The van der Waals surface area contributed by atoms with Crippen molar-refractivity contribution in [2.45, 2.75) is 13.5 Å². The third-order valence-corrected chi connectivity index (χ3v) is 6.56. The molecule has 0 radical (unpaired) electrons. The molecule has 0 spiro atoms. The molecule has 1 aromatic heterocycles. The van der Waals surface area contributed by atoms with Gasteiger partial charge >= 0.3 is 0 Å². The monoisotopic (exact) mass is 426 g/mol. The lowest BCUT2D eigenvalue weighted by atomic mass is 10.1. The largest absolute Gasteiger partial charge is 0.334 e. The maximum absolute atomic E-state index is 12.7. The minimum atomic E-state index is -2.90. The van der Waals surface area contributed by atoms with Gasteiger partial charge in [0.2, 0.25) is 0 Å². The van der Waals surface area contributed by atoms with Crippen LogP contribution in [0.25, 0.3) is 11.5 Å². The summed E-state index contributed by atoms with van der Waals surface area (Å²) in [5.74, 6) is 1.16. The summed E-state index contributed by atoms with van der Waals surface area (Å²) in [5, 5.41) is 6.66. The highest BCUT2D eigenvalue weighted by atomic mass is 32.2. The maximum Gasteiger partial charge on any atom is 0.257 e. The lowest BCUT2D eigenvalue weighted by Gasteiger charge is -2.26. The average molecular weight is 426 g/mol. The number of aryl methyl sites for hydroxylation is 1. The van der Waals surface area contributed by atoms with E-state index in [4.69, 9.17) is 4.52 Å². The Bertz CT molecular complexity index is 1140. The predicted molar refractivity (Wildman–Crippen MR) is 113 cm³/mol. The molecule has 2 heterocycles. The number of sulfone groups is 1. The number of rotatable bonds is 5. The van der Waals surface area contributed by atoms with Crippen molar-refractivity contribution in [1.29, 1.82) is 0 Å². The Morgan fingerprint density at radius 1 is 1.13 bits per heavy atom. The molecule has 1 aliphatic heterocycles. The number of benzene rings is 2. The first kappa shape index (κ1) is 20.2. The van der Waals surface area contributed by atoms with E-state index in [9.17, 15) is 13.2 Å². The number of carbonyl (C=O) groups excluding carboxylic acids is 1. The molecule has 0 bridgehead atoms. The molecule has 3 aromatic rings. The molecule has 1 aliphatic rings. The molecule has 2 aromatic carbocycles. The van der Waals surface area contributed by atoms with Crippen molar-refractivity contribution in [3.8, 4) is 11.5 Å². The van der Waals surface area contributed by atoms with Gasteiger partial charge in [0.05, 0.1) is 11.5 Å². The zero-order valence-corrected chi connectivity index (χ0v) is 17.4. The van der Waals surface area contributed by atoms with E-state index < -0.39 is 9.84 Å². The molecule has 4 rings (SSSR count). The molecule has 0 saturated carbocycles. The van der Waals surface area contributed by atoms with Crippen molar-refractivity contribution in [1.82, 2.24) is 15.0 Å². The molecular formula is C21H22N4O4S. The van der Waals surface area contributed by atoms with Crippen molar-refractivity contribution < 1.29 is 17.7 Å². The lowest BCUT2D eigenvalue weighted by Crippen LogP contribution is -2.39. The SMILES string of the molecule is Cc1noc(-c2ccc(NC(=O)c3cccc(CN4CCS(=O)(=O)CC4)c3)cc2)n1. The second kappa shape index (κ2) is 8.37. The zero-order valence-electron chi connectivity index (χ0n) is 16.5. The fraction of sp³-hybridized carbons (Fsp3) is 0.286. The van der Waals surface area contributed by atoms with Gasteiger partial charge in [-0.3, -0.25) is 9.69 Å². The first-order valence-corrected chi connectivity index (χ1v) is 11.4. The molecule has 156 valence electrons. The van der Waals surface area contributed by atoms with Crippen molar-refractivity contribution >= 4 is 21.4 Å². The zero-order chi connectivity index (χ0) is 21.1. The van der Waals surface area contributed by atoms with Crippen LogP contribution in [0.4, 0.5) is 5.69 Å². The van der Waals surface area contributed by atoms with E-state index >= 15 is 0 Å². The molecule has 8 nitrogen and oxygen atoms in total. The van der Waals surface area contributed by atoms with Crippen LogP contribution in [-0.2, 0) is 16.4 Å². The van der Waals surface area contributed by atoms with Crippen LogP contribution in [0.15, 0.2) is 53.1 Å². The minimum absolute atomic E-state index is 0.187. The Morgan fingerprint density at radius 2 is 1.87 bits per heavy atom. The normalized spacial score (nSPS) is 16.3. The Kier molecular flexibility index (Phi) is 5.65. The van der Waals surface area contributed by atoms with Crippen LogP contribution < -0.4 is 5.32 Å². The standard InChI is InChI=1S/C21H22N4O4S/c1-15-22-21(29-24-15)17-5-7-19(8-6-17)23-20(26)18-4-2-3-16(13-18)14-25-9-11-30(27,28)12-10-25/h2-8,13H,9-12,14H2,1H3,(H,23,26). The summed E-state index contributed by atoms with van der Waals surface area (Å²) in [7, 11) is -2.90. The second-order valence-corrected chi connectivity index (χ2v) is 9.61. The summed E-state index contributed by atoms with van der Waals surface area (Å²) < 4.78 is 28.3. The van der Waals surface area contributed by atoms with Crippen LogP contribution in [0.3, 0.4) is 0 Å². The van der Waals surface area contributed by atoms with Gasteiger partial charge in [-0.05, 0) is 48.9 Å². The topological polar surface area (TPSA) is 105 Å². The van der Waals surface area contributed by atoms with Gasteiger partial charge in [-0.1, -0.05) is 17.3 Å². The molecule has 1 amide bonds. The van der Waals surface area contributed by atoms with Gasteiger partial charge in [0, 0.05) is 36.4 Å². The fourth-order valence-electron chi connectivity index (χ4n) is 3.29. The van der Waals surface area contributed by atoms with Gasteiger partial charge in [0.25, 0.3) is 11.8 Å². The van der Waals surface area contributed by atoms with Crippen molar-refractivity contribution in [2.75, 3.05) is 29.9 Å². The van der Waals surface area contributed by atoms with Gasteiger partial charge < -0.3 is 9.84 Å². The molecule has 0 atom stereocenters. The van der Waals surface area contributed by atoms with Crippen LogP contribution in [0, 0.1) is 6.92 Å². The van der Waals surface area contributed by atoms with E-state index in [1.54, 1.807) is 25.1 Å². The highest BCUT2D eigenvalue weighted by molar-refractivity contribution is 7.91. The highest BCUT2D eigenvalue weighted by Gasteiger charge is 2.21. The quantitative estimate of drug-likeness (QED) is 0.668. The van der Waals surface area contributed by atoms with Crippen LogP contribution in [-0.4, -0.2) is 54.0 Å². The Morgan fingerprint density at radius 3 is 2.53 bits per heavy atom. The van der Waals surface area contributed by atoms with E-state index in [1.807, 2.05) is 30.3 Å². The van der Waals surface area contributed by atoms with Gasteiger partial charge in [-0.25, -0.2) is 8.42 Å². The number of carbonyl (C=O) groups is 1. The lowest BCUT2D eigenvalue weighted by molar-refractivity contribution is 0.102. The molecule has 0 aliphatic carbocycles. The van der Waals surface area contributed by atoms with Gasteiger partial charge in [0.15, 0.2) is 15.7 Å². The summed E-state index contributed by atoms with van der Waals surface area (Å²) in [6.45, 7) is 3.41. The van der Waals surface area contributed by atoms with Gasteiger partial charge in [-0.15, -0.1) is 0 Å². The third-order valence-electron chi connectivity index (χ3n) is 4.95. The number of nitrogens with one attached hydrogen (secondary N) is 1. The Labute approximate surface area is 174 Å². The van der Waals surface area contributed by atoms with Crippen LogP contribution in [0.1, 0.15) is 21.7 Å². The van der Waals surface area contributed by atoms with E-state index in [2.05, 4.69) is 20.4 Å². The van der Waals surface area contributed by atoms with E-state index in [0.717, 1.165) is 11.1 Å². The predicted octanol–water partition coefficient (Wildman–Crippen LogP) is 2.53. The molecule has 0 unspecified atom stereocenters. The Balaban J connectivity index is 1.39. The first-order chi connectivity index (χ1) is 14.4. The van der Waals surface area contributed by atoms with Gasteiger partial charge in [0.1, 0.15) is 0 Å². The fourth-order valence-corrected chi connectivity index (χ4v) is 4.57. The summed E-state index contributed by atoms with van der Waals surface area (Å²) >= 11 is 0. The number of amides is 1. The Hall–Kier alpha value is -3.04. The third kappa shape index (κ3) is 4.92. The number of hydrogen-bond acceptors (Lipinski definition) is 7. The smallest absolute Gasteiger partial charge is 0.257 e. The van der Waals surface area contributed by atoms with E-state index in [0.29, 0.717) is 42.6 Å². The summed E-state index contributed by atoms with van der Waals surface area (Å²) in [6.07, 6.45) is 0. The molecule has 9 heteroatoms. The second-order valence-electron chi connectivity index (χ2n) is 7.31. The maximum atomic E-state index is 12.7. The molecule has 1 N–H and O–H groups in total. The first-order valence-electron chi connectivity index (χ1n) is 9.62. The number of aromatic nitrogens is 2. The molecular weight excluding hydrogens is 404 g/mol. The summed E-state index contributed by atoms with van der Waals surface area (Å²) in [5.41, 5.74) is 2.96. The molecule has 1 saturated heterocycles. The van der Waals surface area contributed by atoms with Crippen molar-refractivity contribution in [3.63, 3.8) is 0 Å². The van der Waals surface area contributed by atoms with Crippen molar-refractivity contribution in [3.05, 3.63) is 65.5 Å². The highest BCUT2D eigenvalue weighted by Crippen LogP contribution is 2.20. The number of anilines is 1. The molecule has 1 fully saturated rings. The number of hydrogen-bond donors (Lipinski definition) is 1. The minimum Gasteiger partial charge on any atom is -0.334 e. The number of nitrogens with zero attached hydrogens (tertiary/aromatic N) is 3. The van der Waals surface area contributed by atoms with E-state index in [-0.39, 0.29) is 17.4 Å². The van der Waals surface area contributed by atoms with E-state index in [1.165, 1.54) is 0 Å². The van der Waals surface area contributed by atoms with Crippen LogP contribution in [0.2, 0.25) is 0 Å². The van der Waals surface area contributed by atoms with Crippen molar-refractivity contribution in [2.24, 2.45) is 0 Å². The van der Waals surface area contributed by atoms with Crippen LogP contribution >= 0.6 is 0 Å². The summed E-state index contributed by atoms with van der Waals surface area (Å²) in [6, 6.07) is 14.6.